The number of ether oxygens (including phenoxy) is 1. The molecule has 1 saturated carbocycles. The quantitative estimate of drug-likeness (QED) is 0.669. The van der Waals surface area contributed by atoms with Crippen LogP contribution >= 0.6 is 0 Å². The topological polar surface area (TPSA) is 64.3 Å². The normalized spacial score (nSPS) is 26.7. The number of alkyl carbamates (subject to hydrolysis) is 1. The molecule has 7 heteroatoms. The summed E-state index contributed by atoms with van der Waals surface area (Å²) >= 11 is 0. The van der Waals surface area contributed by atoms with Gasteiger partial charge in [-0.2, -0.15) is 0 Å². The number of nitrogens with one attached hydrogen (secondary N) is 1. The Morgan fingerprint density at radius 2 is 1.91 bits per heavy atom. The third-order valence-corrected chi connectivity index (χ3v) is 5.72. The first kappa shape index (κ1) is 19.4. The van der Waals surface area contributed by atoms with Crippen molar-refractivity contribution in [1.29, 1.82) is 0 Å². The number of rotatable bonds is 8. The predicted octanol–water partition coefficient (Wildman–Crippen LogP) is 3.24. The molecule has 0 spiro atoms. The predicted molar refractivity (Wildman–Crippen MR) is 87.2 cm³/mol. The first-order chi connectivity index (χ1) is 10.2. The second-order valence-electron chi connectivity index (χ2n) is 7.53. The number of carbonyl (C=O) groups is 1. The van der Waals surface area contributed by atoms with E-state index in [1.54, 1.807) is 0 Å². The molecule has 1 fully saturated rings. The van der Waals surface area contributed by atoms with Gasteiger partial charge in [0.15, 0.2) is 0 Å². The lowest BCUT2D eigenvalue weighted by atomic mass is 9.97. The molecule has 4 nitrogen and oxygen atoms in total. The minimum atomic E-state index is -1.34. The fraction of sp³-hybridized carbons (Fsp3) is 0.933. The van der Waals surface area contributed by atoms with Crippen LogP contribution in [-0.2, 0) is 4.74 Å². The van der Waals surface area contributed by atoms with Crippen LogP contribution in [0.3, 0.4) is 0 Å². The molecule has 0 radical (unpaired) electrons. The van der Waals surface area contributed by atoms with Crippen LogP contribution in [0.2, 0.25) is 25.7 Å². The van der Waals surface area contributed by atoms with Crippen LogP contribution in [-0.4, -0.2) is 45.7 Å². The van der Waals surface area contributed by atoms with E-state index in [4.69, 9.17) is 10.5 Å². The van der Waals surface area contributed by atoms with Crippen molar-refractivity contribution in [2.24, 2.45) is 11.7 Å². The fourth-order valence-electron chi connectivity index (χ4n) is 2.63. The first-order valence-electron chi connectivity index (χ1n) is 8.11. The fourth-order valence-corrected chi connectivity index (χ4v) is 3.34. The average Bonchev–Trinajstić information content (AvgIpc) is 2.66. The van der Waals surface area contributed by atoms with Crippen LogP contribution in [0.25, 0.3) is 0 Å². The van der Waals surface area contributed by atoms with Crippen molar-refractivity contribution in [1.82, 2.24) is 5.32 Å². The van der Waals surface area contributed by atoms with Crippen molar-refractivity contribution in [3.63, 3.8) is 0 Å². The molecule has 3 unspecified atom stereocenters. The van der Waals surface area contributed by atoms with Crippen molar-refractivity contribution in [2.45, 2.75) is 69.8 Å². The summed E-state index contributed by atoms with van der Waals surface area (Å²) in [6.45, 7) is 7.55. The van der Waals surface area contributed by atoms with Crippen molar-refractivity contribution < 1.29 is 18.3 Å². The Labute approximate surface area is 133 Å². The molecule has 0 aliphatic heterocycles. The molecule has 0 aromatic heterocycles. The van der Waals surface area contributed by atoms with Crippen LogP contribution in [0.5, 0.6) is 0 Å². The number of hydrogen-bond acceptors (Lipinski definition) is 3. The van der Waals surface area contributed by atoms with E-state index in [1.807, 2.05) is 0 Å². The van der Waals surface area contributed by atoms with Crippen LogP contribution in [0.1, 0.15) is 25.7 Å². The highest BCUT2D eigenvalue weighted by Crippen LogP contribution is 2.33. The van der Waals surface area contributed by atoms with E-state index in [2.05, 4.69) is 25.0 Å². The van der Waals surface area contributed by atoms with Crippen molar-refractivity contribution >= 4 is 14.2 Å². The monoisotopic (exact) mass is 336 g/mol. The molecular weight excluding hydrogens is 306 g/mol. The summed E-state index contributed by atoms with van der Waals surface area (Å²) in [5, 5.41) is 2.67. The van der Waals surface area contributed by atoms with Gasteiger partial charge >= 0.3 is 6.09 Å². The van der Waals surface area contributed by atoms with Crippen LogP contribution in [0.15, 0.2) is 0 Å². The van der Waals surface area contributed by atoms with Gasteiger partial charge in [0.25, 0.3) is 0 Å². The molecule has 0 aromatic carbocycles. The third-order valence-electron chi connectivity index (χ3n) is 4.02. The lowest BCUT2D eigenvalue weighted by Crippen LogP contribution is -2.32. The van der Waals surface area contributed by atoms with E-state index in [-0.39, 0.29) is 24.8 Å². The molecule has 0 aromatic rings. The van der Waals surface area contributed by atoms with E-state index in [0.717, 1.165) is 6.04 Å². The number of alkyl halides is 2. The highest BCUT2D eigenvalue weighted by Gasteiger charge is 2.34. The average molecular weight is 336 g/mol. The van der Waals surface area contributed by atoms with Gasteiger partial charge in [-0.05, 0) is 37.6 Å². The Kier molecular flexibility index (Phi) is 7.75. The van der Waals surface area contributed by atoms with Crippen LogP contribution in [0, 0.1) is 5.92 Å². The second-order valence-corrected chi connectivity index (χ2v) is 13.1. The van der Waals surface area contributed by atoms with Crippen molar-refractivity contribution in [3.05, 3.63) is 0 Å². The summed E-state index contributed by atoms with van der Waals surface area (Å²) in [5.74, 6) is 0.0173. The summed E-state index contributed by atoms with van der Waals surface area (Å²) in [6, 6.07) is 0.793. The minimum Gasteiger partial charge on any atom is -0.450 e. The zero-order valence-corrected chi connectivity index (χ0v) is 14.9. The summed E-state index contributed by atoms with van der Waals surface area (Å²) in [4.78, 5) is 11.5. The first-order valence-corrected chi connectivity index (χ1v) is 11.8. The van der Waals surface area contributed by atoms with Crippen molar-refractivity contribution in [3.8, 4) is 0 Å². The maximum absolute atomic E-state index is 13.1. The Morgan fingerprint density at radius 3 is 2.45 bits per heavy atom. The maximum Gasteiger partial charge on any atom is 0.407 e. The lowest BCUT2D eigenvalue weighted by molar-refractivity contribution is 0.151. The molecule has 1 aliphatic carbocycles. The Morgan fingerprint density at radius 1 is 1.32 bits per heavy atom. The van der Waals surface area contributed by atoms with Gasteiger partial charge in [0.05, 0.1) is 6.61 Å². The van der Waals surface area contributed by atoms with Gasteiger partial charge in [-0.1, -0.05) is 19.6 Å². The van der Waals surface area contributed by atoms with Gasteiger partial charge in [0.1, 0.15) is 12.3 Å². The smallest absolute Gasteiger partial charge is 0.407 e. The van der Waals surface area contributed by atoms with E-state index >= 15 is 0 Å². The molecule has 1 amide bonds. The number of amides is 1. The highest BCUT2D eigenvalue weighted by atomic mass is 28.3. The number of halogens is 2. The second kappa shape index (κ2) is 8.81. The van der Waals surface area contributed by atoms with Crippen molar-refractivity contribution in [2.75, 3.05) is 13.2 Å². The van der Waals surface area contributed by atoms with Gasteiger partial charge in [0, 0.05) is 20.7 Å². The maximum atomic E-state index is 13.1. The van der Waals surface area contributed by atoms with Gasteiger partial charge in [-0.25, -0.2) is 13.6 Å². The molecule has 0 bridgehead atoms. The SMILES string of the molecule is C[Si](C)(C)CCOC(=O)NCCC(N)CC1CC(F)C(F)C1. The summed E-state index contributed by atoms with van der Waals surface area (Å²) < 4.78 is 31.3. The lowest BCUT2D eigenvalue weighted by Gasteiger charge is -2.17. The van der Waals surface area contributed by atoms with Gasteiger partial charge < -0.3 is 15.8 Å². The molecule has 3 N–H and O–H groups in total. The Hall–Kier alpha value is -0.693. The summed E-state index contributed by atoms with van der Waals surface area (Å²) in [7, 11) is -1.19. The van der Waals surface area contributed by atoms with E-state index in [1.165, 1.54) is 0 Å². The van der Waals surface area contributed by atoms with E-state index in [9.17, 15) is 13.6 Å². The zero-order chi connectivity index (χ0) is 16.8. The molecule has 0 heterocycles. The summed E-state index contributed by atoms with van der Waals surface area (Å²) in [5.41, 5.74) is 5.96. The summed E-state index contributed by atoms with van der Waals surface area (Å²) in [6.07, 6.45) is -1.37. The zero-order valence-electron chi connectivity index (χ0n) is 13.9. The van der Waals surface area contributed by atoms with Crippen LogP contribution < -0.4 is 11.1 Å². The third kappa shape index (κ3) is 8.08. The molecule has 3 atom stereocenters. The Bertz CT molecular complexity index is 343. The largest absolute Gasteiger partial charge is 0.450 e. The molecule has 1 aliphatic rings. The van der Waals surface area contributed by atoms with Gasteiger partial charge in [0.2, 0.25) is 0 Å². The molecule has 0 saturated heterocycles. The standard InChI is InChI=1S/C15H30F2N2O2Si/c1-22(2,3)7-6-21-15(20)19-5-4-12(18)8-11-9-13(16)14(17)10-11/h11-14H,4-10,18H2,1-3H3,(H,19,20). The minimum absolute atomic E-state index is 0.0173. The number of carbonyl (C=O) groups excluding carboxylic acids is 1. The molecule has 1 rings (SSSR count). The highest BCUT2D eigenvalue weighted by molar-refractivity contribution is 6.76. The molecule has 22 heavy (non-hydrogen) atoms. The Balaban J connectivity index is 2.07. The number of nitrogens with two attached hydrogens (primary N) is 1. The molecular formula is C15H30F2N2O2Si. The van der Waals surface area contributed by atoms with Gasteiger partial charge in [-0.3, -0.25) is 0 Å². The number of hydrogen-bond donors (Lipinski definition) is 2. The van der Waals surface area contributed by atoms with E-state index < -0.39 is 26.5 Å². The van der Waals surface area contributed by atoms with Crippen LogP contribution in [0.4, 0.5) is 13.6 Å². The van der Waals surface area contributed by atoms with E-state index in [0.29, 0.717) is 26.0 Å². The molecule has 130 valence electrons. The van der Waals surface area contributed by atoms with Gasteiger partial charge in [-0.15, -0.1) is 0 Å².